The summed E-state index contributed by atoms with van der Waals surface area (Å²) in [6.45, 7) is 0.814. The van der Waals surface area contributed by atoms with E-state index < -0.39 is 0 Å². The zero-order chi connectivity index (χ0) is 8.81. The Morgan fingerprint density at radius 1 is 1.75 bits per heavy atom. The third-order valence-corrected chi connectivity index (χ3v) is 1.62. The van der Waals surface area contributed by atoms with E-state index in [0.29, 0.717) is 5.11 Å². The van der Waals surface area contributed by atoms with E-state index in [1.54, 1.807) is 6.33 Å². The molecule has 0 saturated heterocycles. The van der Waals surface area contributed by atoms with Gasteiger partial charge < -0.3 is 16.0 Å². The van der Waals surface area contributed by atoms with Gasteiger partial charge in [0.25, 0.3) is 0 Å². The molecule has 0 spiro atoms. The quantitative estimate of drug-likeness (QED) is 0.461. The smallest absolute Gasteiger partial charge is 0.163 e. The van der Waals surface area contributed by atoms with Gasteiger partial charge in [-0.1, -0.05) is 0 Å². The van der Waals surface area contributed by atoms with E-state index in [4.69, 9.17) is 5.73 Å². The van der Waals surface area contributed by atoms with Crippen LogP contribution in [0.1, 0.15) is 12.1 Å². The lowest BCUT2D eigenvalue weighted by Crippen LogP contribution is -2.29. The zero-order valence-corrected chi connectivity index (χ0v) is 7.53. The Kier molecular flexibility index (Phi) is 3.53. The summed E-state index contributed by atoms with van der Waals surface area (Å²) in [5.41, 5.74) is 6.39. The van der Waals surface area contributed by atoms with Crippen LogP contribution < -0.4 is 11.1 Å². The van der Waals surface area contributed by atoms with Crippen molar-refractivity contribution in [1.82, 2.24) is 15.3 Å². The molecule has 0 saturated carbocycles. The number of rotatable bonds is 4. The number of nitrogens with two attached hydrogens (primary N) is 1. The highest BCUT2D eigenvalue weighted by atomic mass is 32.1. The number of thiocarbonyl (C=S) groups is 1. The molecule has 1 aromatic heterocycles. The number of nitrogens with one attached hydrogen (secondary N) is 2. The number of nitrogens with zero attached hydrogens (tertiary/aromatic N) is 1. The third kappa shape index (κ3) is 3.34. The summed E-state index contributed by atoms with van der Waals surface area (Å²) in [7, 11) is 0. The molecule has 4 N–H and O–H groups in total. The van der Waals surface area contributed by atoms with Crippen LogP contribution in [0.5, 0.6) is 0 Å². The van der Waals surface area contributed by atoms with Gasteiger partial charge in [-0.2, -0.15) is 0 Å². The zero-order valence-electron chi connectivity index (χ0n) is 6.71. The van der Waals surface area contributed by atoms with E-state index >= 15 is 0 Å². The molecular formula is C7H12N4S. The molecule has 1 aromatic rings. The van der Waals surface area contributed by atoms with Gasteiger partial charge >= 0.3 is 0 Å². The van der Waals surface area contributed by atoms with Crippen LogP contribution in [-0.4, -0.2) is 21.6 Å². The molecule has 12 heavy (non-hydrogen) atoms. The van der Waals surface area contributed by atoms with E-state index in [0.717, 1.165) is 25.1 Å². The fourth-order valence-corrected chi connectivity index (χ4v) is 1.01. The molecular weight excluding hydrogens is 172 g/mol. The molecule has 66 valence electrons. The van der Waals surface area contributed by atoms with Gasteiger partial charge in [-0.15, -0.1) is 0 Å². The second-order valence-corrected chi connectivity index (χ2v) is 2.91. The summed E-state index contributed by atoms with van der Waals surface area (Å²) < 4.78 is 0. The monoisotopic (exact) mass is 184 g/mol. The van der Waals surface area contributed by atoms with Gasteiger partial charge in [0.15, 0.2) is 5.11 Å². The molecule has 4 nitrogen and oxygen atoms in total. The standard InChI is InChI=1S/C7H12N4S/c8-7(12)10-3-1-2-6-4-9-5-11-6/h4-5H,1-3H2,(H,9,11)(H3,8,10,12). The fourth-order valence-electron chi connectivity index (χ4n) is 0.912. The molecule has 0 bridgehead atoms. The van der Waals surface area contributed by atoms with Gasteiger partial charge in [0, 0.05) is 18.4 Å². The minimum atomic E-state index is 0.361. The van der Waals surface area contributed by atoms with Crippen molar-refractivity contribution < 1.29 is 0 Å². The molecule has 0 amide bonds. The Morgan fingerprint density at radius 2 is 2.58 bits per heavy atom. The molecule has 0 fully saturated rings. The number of aromatic amines is 1. The third-order valence-electron chi connectivity index (χ3n) is 1.48. The van der Waals surface area contributed by atoms with E-state index in [-0.39, 0.29) is 0 Å². The first kappa shape index (κ1) is 8.99. The number of aromatic nitrogens is 2. The van der Waals surface area contributed by atoms with Crippen molar-refractivity contribution >= 4 is 17.3 Å². The second-order valence-electron chi connectivity index (χ2n) is 2.47. The number of aryl methyl sites for hydroxylation is 1. The second kappa shape index (κ2) is 4.71. The van der Waals surface area contributed by atoms with Crippen molar-refractivity contribution in [2.75, 3.05) is 6.54 Å². The van der Waals surface area contributed by atoms with Gasteiger partial charge in [-0.3, -0.25) is 0 Å². The van der Waals surface area contributed by atoms with Crippen LogP contribution in [0.3, 0.4) is 0 Å². The van der Waals surface area contributed by atoms with Crippen LogP contribution in [0.2, 0.25) is 0 Å². The normalized spacial score (nSPS) is 9.67. The summed E-state index contributed by atoms with van der Waals surface area (Å²) in [4.78, 5) is 6.93. The maximum absolute atomic E-state index is 5.25. The first-order valence-corrected chi connectivity index (χ1v) is 4.20. The lowest BCUT2D eigenvalue weighted by atomic mass is 10.2. The molecule has 1 rings (SSSR count). The van der Waals surface area contributed by atoms with Gasteiger partial charge in [-0.25, -0.2) is 4.98 Å². The van der Waals surface area contributed by atoms with Crippen LogP contribution in [0.4, 0.5) is 0 Å². The van der Waals surface area contributed by atoms with Gasteiger partial charge in [0.1, 0.15) is 0 Å². The Balaban J connectivity index is 2.07. The van der Waals surface area contributed by atoms with Gasteiger partial charge in [0.05, 0.1) is 6.33 Å². The van der Waals surface area contributed by atoms with Crippen LogP contribution in [-0.2, 0) is 6.42 Å². The van der Waals surface area contributed by atoms with Crippen molar-refractivity contribution in [3.8, 4) is 0 Å². The first-order valence-electron chi connectivity index (χ1n) is 3.79. The number of hydrogen-bond acceptors (Lipinski definition) is 2. The van der Waals surface area contributed by atoms with Crippen LogP contribution >= 0.6 is 12.2 Å². The Morgan fingerprint density at radius 3 is 3.17 bits per heavy atom. The Hall–Kier alpha value is -1.10. The molecule has 5 heteroatoms. The number of H-pyrrole nitrogens is 1. The van der Waals surface area contributed by atoms with Gasteiger partial charge in [0.2, 0.25) is 0 Å². The maximum Gasteiger partial charge on any atom is 0.163 e. The van der Waals surface area contributed by atoms with E-state index in [1.807, 2.05) is 6.20 Å². The highest BCUT2D eigenvalue weighted by Crippen LogP contribution is 1.94. The van der Waals surface area contributed by atoms with Crippen molar-refractivity contribution in [2.45, 2.75) is 12.8 Å². The summed E-state index contributed by atoms with van der Waals surface area (Å²) >= 11 is 4.66. The summed E-state index contributed by atoms with van der Waals surface area (Å²) in [5.74, 6) is 0. The predicted molar refractivity (Wildman–Crippen MR) is 51.7 cm³/mol. The Bertz CT molecular complexity index is 232. The number of hydrogen-bond donors (Lipinski definition) is 3. The SMILES string of the molecule is NC(=S)NCCCc1cnc[nH]1. The van der Waals surface area contributed by atoms with Crippen molar-refractivity contribution in [2.24, 2.45) is 5.73 Å². The summed E-state index contributed by atoms with van der Waals surface area (Å²) in [6.07, 6.45) is 5.46. The molecule has 0 atom stereocenters. The molecule has 1 heterocycles. The average Bonchev–Trinajstić information content (AvgIpc) is 2.49. The van der Waals surface area contributed by atoms with E-state index in [9.17, 15) is 0 Å². The molecule has 0 aliphatic heterocycles. The molecule has 0 aliphatic rings. The van der Waals surface area contributed by atoms with E-state index in [1.165, 1.54) is 0 Å². The summed E-state index contributed by atoms with van der Waals surface area (Å²) in [6, 6.07) is 0. The lowest BCUT2D eigenvalue weighted by Gasteiger charge is -2.01. The van der Waals surface area contributed by atoms with Crippen LogP contribution in [0.15, 0.2) is 12.5 Å². The summed E-state index contributed by atoms with van der Waals surface area (Å²) in [5, 5.41) is 3.24. The average molecular weight is 184 g/mol. The van der Waals surface area contributed by atoms with Crippen molar-refractivity contribution in [3.05, 3.63) is 18.2 Å². The van der Waals surface area contributed by atoms with Gasteiger partial charge in [-0.05, 0) is 25.1 Å². The fraction of sp³-hybridized carbons (Fsp3) is 0.429. The molecule has 0 aliphatic carbocycles. The van der Waals surface area contributed by atoms with Crippen LogP contribution in [0.25, 0.3) is 0 Å². The maximum atomic E-state index is 5.25. The largest absolute Gasteiger partial charge is 0.376 e. The highest BCUT2D eigenvalue weighted by molar-refractivity contribution is 7.80. The van der Waals surface area contributed by atoms with Crippen LogP contribution in [0, 0.1) is 0 Å². The minimum Gasteiger partial charge on any atom is -0.376 e. The molecule has 0 aromatic carbocycles. The topological polar surface area (TPSA) is 66.7 Å². The first-order chi connectivity index (χ1) is 5.79. The van der Waals surface area contributed by atoms with E-state index in [2.05, 4.69) is 27.5 Å². The molecule has 0 radical (unpaired) electrons. The Labute approximate surface area is 76.6 Å². The van der Waals surface area contributed by atoms with Crippen molar-refractivity contribution in [1.29, 1.82) is 0 Å². The lowest BCUT2D eigenvalue weighted by molar-refractivity contribution is 0.764. The predicted octanol–water partition coefficient (Wildman–Crippen LogP) is 0.175. The number of imidazole rings is 1. The van der Waals surface area contributed by atoms with Crippen molar-refractivity contribution in [3.63, 3.8) is 0 Å². The minimum absolute atomic E-state index is 0.361. The molecule has 0 unspecified atom stereocenters. The highest BCUT2D eigenvalue weighted by Gasteiger charge is 1.93.